The molecule has 2 rings (SSSR count). The van der Waals surface area contributed by atoms with Gasteiger partial charge < -0.3 is 10.2 Å². The highest BCUT2D eigenvalue weighted by Crippen LogP contribution is 2.13. The SMILES string of the molecule is Cc1cc(C(=O)NCc2ccc(N(C)C)cc2)ccc1F. The molecule has 0 atom stereocenters. The van der Waals surface area contributed by atoms with Crippen LogP contribution in [-0.4, -0.2) is 20.0 Å². The van der Waals surface area contributed by atoms with Crippen molar-refractivity contribution in [2.45, 2.75) is 13.5 Å². The Morgan fingerprint density at radius 1 is 1.14 bits per heavy atom. The Labute approximate surface area is 124 Å². The van der Waals surface area contributed by atoms with E-state index in [1.54, 1.807) is 13.0 Å². The van der Waals surface area contributed by atoms with Gasteiger partial charge in [-0.3, -0.25) is 4.79 Å². The maximum Gasteiger partial charge on any atom is 0.251 e. The predicted molar refractivity (Wildman–Crippen MR) is 83.1 cm³/mol. The smallest absolute Gasteiger partial charge is 0.251 e. The first-order valence-corrected chi connectivity index (χ1v) is 6.78. The summed E-state index contributed by atoms with van der Waals surface area (Å²) in [6, 6.07) is 12.3. The van der Waals surface area contributed by atoms with E-state index in [0.717, 1.165) is 11.3 Å². The fourth-order valence-corrected chi connectivity index (χ4v) is 1.98. The molecule has 4 heteroatoms. The summed E-state index contributed by atoms with van der Waals surface area (Å²) < 4.78 is 13.2. The van der Waals surface area contributed by atoms with Crippen LogP contribution in [-0.2, 0) is 6.54 Å². The zero-order valence-corrected chi connectivity index (χ0v) is 12.5. The maximum absolute atomic E-state index is 13.2. The quantitative estimate of drug-likeness (QED) is 0.936. The van der Waals surface area contributed by atoms with Crippen LogP contribution in [0.4, 0.5) is 10.1 Å². The number of nitrogens with one attached hydrogen (secondary N) is 1. The number of hydrogen-bond acceptors (Lipinski definition) is 2. The average Bonchev–Trinajstić information content (AvgIpc) is 2.48. The van der Waals surface area contributed by atoms with E-state index in [1.165, 1.54) is 12.1 Å². The highest BCUT2D eigenvalue weighted by Gasteiger charge is 2.07. The van der Waals surface area contributed by atoms with Crippen LogP contribution in [0.3, 0.4) is 0 Å². The van der Waals surface area contributed by atoms with Gasteiger partial charge in [0.05, 0.1) is 0 Å². The zero-order chi connectivity index (χ0) is 15.4. The summed E-state index contributed by atoms with van der Waals surface area (Å²) in [5, 5.41) is 2.84. The standard InChI is InChI=1S/C17H19FN2O/c1-12-10-14(6-9-16(12)18)17(21)19-11-13-4-7-15(8-5-13)20(2)3/h4-10H,11H2,1-3H3,(H,19,21). The van der Waals surface area contributed by atoms with Gasteiger partial charge in [-0.1, -0.05) is 12.1 Å². The molecule has 0 saturated heterocycles. The molecular weight excluding hydrogens is 267 g/mol. The summed E-state index contributed by atoms with van der Waals surface area (Å²) in [5.41, 5.74) is 3.07. The van der Waals surface area contributed by atoms with E-state index in [0.29, 0.717) is 17.7 Å². The second-order valence-corrected chi connectivity index (χ2v) is 5.21. The van der Waals surface area contributed by atoms with Crippen LogP contribution in [0.25, 0.3) is 0 Å². The molecule has 110 valence electrons. The Balaban J connectivity index is 1.98. The van der Waals surface area contributed by atoms with Crippen LogP contribution in [0.5, 0.6) is 0 Å². The van der Waals surface area contributed by atoms with Crippen molar-refractivity contribution in [3.05, 3.63) is 65.0 Å². The number of benzene rings is 2. The number of nitrogens with zero attached hydrogens (tertiary/aromatic N) is 1. The van der Waals surface area contributed by atoms with Crippen molar-refractivity contribution in [1.82, 2.24) is 5.32 Å². The maximum atomic E-state index is 13.2. The number of halogens is 1. The van der Waals surface area contributed by atoms with Crippen molar-refractivity contribution in [1.29, 1.82) is 0 Å². The van der Waals surface area contributed by atoms with E-state index in [4.69, 9.17) is 0 Å². The first kappa shape index (κ1) is 15.0. The molecule has 0 radical (unpaired) electrons. The summed E-state index contributed by atoms with van der Waals surface area (Å²) >= 11 is 0. The topological polar surface area (TPSA) is 32.3 Å². The third kappa shape index (κ3) is 3.81. The van der Waals surface area contributed by atoms with Gasteiger partial charge in [0.15, 0.2) is 0 Å². The second kappa shape index (κ2) is 6.39. The molecule has 0 aliphatic rings. The molecule has 3 nitrogen and oxygen atoms in total. The zero-order valence-electron chi connectivity index (χ0n) is 12.5. The van der Waals surface area contributed by atoms with Gasteiger partial charge in [0.25, 0.3) is 5.91 Å². The molecule has 1 N–H and O–H groups in total. The van der Waals surface area contributed by atoms with Gasteiger partial charge in [0.2, 0.25) is 0 Å². The Bertz CT molecular complexity index is 636. The largest absolute Gasteiger partial charge is 0.378 e. The minimum absolute atomic E-state index is 0.199. The first-order chi connectivity index (χ1) is 9.97. The lowest BCUT2D eigenvalue weighted by atomic mass is 10.1. The van der Waals surface area contributed by atoms with Crippen LogP contribution in [0, 0.1) is 12.7 Å². The van der Waals surface area contributed by atoms with E-state index in [1.807, 2.05) is 43.3 Å². The van der Waals surface area contributed by atoms with Crippen LogP contribution < -0.4 is 10.2 Å². The molecule has 0 aliphatic heterocycles. The van der Waals surface area contributed by atoms with Gasteiger partial charge in [-0.2, -0.15) is 0 Å². The van der Waals surface area contributed by atoms with E-state index in [2.05, 4.69) is 5.32 Å². The van der Waals surface area contributed by atoms with Crippen molar-refractivity contribution in [2.75, 3.05) is 19.0 Å². The van der Waals surface area contributed by atoms with Crippen LogP contribution >= 0.6 is 0 Å². The van der Waals surface area contributed by atoms with E-state index < -0.39 is 0 Å². The second-order valence-electron chi connectivity index (χ2n) is 5.21. The van der Waals surface area contributed by atoms with Gasteiger partial charge in [-0.25, -0.2) is 4.39 Å². The van der Waals surface area contributed by atoms with Crippen LogP contribution in [0.1, 0.15) is 21.5 Å². The van der Waals surface area contributed by atoms with Crippen molar-refractivity contribution < 1.29 is 9.18 Å². The molecule has 0 fully saturated rings. The number of carbonyl (C=O) groups is 1. The third-order valence-corrected chi connectivity index (χ3v) is 3.33. The van der Waals surface area contributed by atoms with Crippen molar-refractivity contribution in [3.63, 3.8) is 0 Å². The minimum Gasteiger partial charge on any atom is -0.378 e. The minimum atomic E-state index is -0.300. The van der Waals surface area contributed by atoms with Crippen LogP contribution in [0.2, 0.25) is 0 Å². The average molecular weight is 286 g/mol. The van der Waals surface area contributed by atoms with Gasteiger partial charge in [-0.15, -0.1) is 0 Å². The molecule has 0 heterocycles. The fraction of sp³-hybridized carbons (Fsp3) is 0.235. The molecule has 0 spiro atoms. The molecule has 0 bridgehead atoms. The van der Waals surface area contributed by atoms with Gasteiger partial charge in [0.1, 0.15) is 5.82 Å². The normalized spacial score (nSPS) is 10.3. The summed E-state index contributed by atoms with van der Waals surface area (Å²) in [5.74, 6) is -0.499. The number of hydrogen-bond donors (Lipinski definition) is 1. The third-order valence-electron chi connectivity index (χ3n) is 3.33. The lowest BCUT2D eigenvalue weighted by molar-refractivity contribution is 0.0951. The highest BCUT2D eigenvalue weighted by molar-refractivity contribution is 5.94. The summed E-state index contributed by atoms with van der Waals surface area (Å²) in [7, 11) is 3.96. The molecule has 1 amide bonds. The van der Waals surface area contributed by atoms with Gasteiger partial charge in [-0.05, 0) is 48.4 Å². The van der Waals surface area contributed by atoms with Crippen molar-refractivity contribution in [3.8, 4) is 0 Å². The fourth-order valence-electron chi connectivity index (χ4n) is 1.98. The van der Waals surface area contributed by atoms with Crippen LogP contribution in [0.15, 0.2) is 42.5 Å². The Morgan fingerprint density at radius 3 is 2.38 bits per heavy atom. The first-order valence-electron chi connectivity index (χ1n) is 6.78. The molecule has 0 unspecified atom stereocenters. The van der Waals surface area contributed by atoms with Crippen molar-refractivity contribution in [2.24, 2.45) is 0 Å². The summed E-state index contributed by atoms with van der Waals surface area (Å²) in [6.45, 7) is 2.09. The Morgan fingerprint density at radius 2 is 1.81 bits per heavy atom. The number of aryl methyl sites for hydroxylation is 1. The van der Waals surface area contributed by atoms with E-state index >= 15 is 0 Å². The summed E-state index contributed by atoms with van der Waals surface area (Å²) in [4.78, 5) is 14.0. The van der Waals surface area contributed by atoms with Crippen molar-refractivity contribution >= 4 is 11.6 Å². The Hall–Kier alpha value is -2.36. The number of carbonyl (C=O) groups excluding carboxylic acids is 1. The van der Waals surface area contributed by atoms with Gasteiger partial charge in [0, 0.05) is 31.9 Å². The lowest BCUT2D eigenvalue weighted by Crippen LogP contribution is -2.23. The molecule has 2 aromatic rings. The predicted octanol–water partition coefficient (Wildman–Crippen LogP) is 3.13. The Kier molecular flexibility index (Phi) is 4.58. The molecule has 0 aliphatic carbocycles. The number of rotatable bonds is 4. The summed E-state index contributed by atoms with van der Waals surface area (Å²) in [6.07, 6.45) is 0. The van der Waals surface area contributed by atoms with E-state index in [9.17, 15) is 9.18 Å². The molecule has 2 aromatic carbocycles. The number of amides is 1. The number of anilines is 1. The molecule has 0 saturated carbocycles. The molecule has 0 aromatic heterocycles. The molecule has 21 heavy (non-hydrogen) atoms. The molecular formula is C17H19FN2O. The van der Waals surface area contributed by atoms with E-state index in [-0.39, 0.29) is 11.7 Å². The highest BCUT2D eigenvalue weighted by atomic mass is 19.1. The van der Waals surface area contributed by atoms with Gasteiger partial charge >= 0.3 is 0 Å². The lowest BCUT2D eigenvalue weighted by Gasteiger charge is -2.13. The monoisotopic (exact) mass is 286 g/mol.